The third kappa shape index (κ3) is 3.74. The topological polar surface area (TPSA) is 80.9 Å². The summed E-state index contributed by atoms with van der Waals surface area (Å²) in [7, 11) is 0. The van der Waals surface area contributed by atoms with Crippen molar-refractivity contribution in [3.05, 3.63) is 84.1 Å². The summed E-state index contributed by atoms with van der Waals surface area (Å²) in [6.45, 7) is 1.94. The standard InChI is InChI=1S/C21H16N4O2/c1-14-10-11-18(22-13-14)23-20(26)16-8-5-9-17(12-16)21-24-19(25-27-21)15-6-3-2-4-7-15/h2-13H,1H3,(H,22,23,26). The van der Waals surface area contributed by atoms with E-state index in [9.17, 15) is 4.79 Å². The maximum Gasteiger partial charge on any atom is 0.258 e. The Morgan fingerprint density at radius 3 is 2.56 bits per heavy atom. The molecule has 0 saturated carbocycles. The number of aromatic nitrogens is 3. The molecule has 0 unspecified atom stereocenters. The summed E-state index contributed by atoms with van der Waals surface area (Å²) < 4.78 is 5.37. The number of carbonyl (C=O) groups excluding carboxylic acids is 1. The highest BCUT2D eigenvalue weighted by Crippen LogP contribution is 2.23. The smallest absolute Gasteiger partial charge is 0.258 e. The molecule has 1 N–H and O–H groups in total. The van der Waals surface area contributed by atoms with Crippen LogP contribution in [0.4, 0.5) is 5.82 Å². The molecule has 6 heteroatoms. The fraction of sp³-hybridized carbons (Fsp3) is 0.0476. The average Bonchev–Trinajstić information content (AvgIpc) is 3.21. The van der Waals surface area contributed by atoms with Crippen LogP contribution in [0.3, 0.4) is 0 Å². The fourth-order valence-corrected chi connectivity index (χ4v) is 2.57. The first kappa shape index (κ1) is 16.7. The van der Waals surface area contributed by atoms with Crippen molar-refractivity contribution in [1.82, 2.24) is 15.1 Å². The van der Waals surface area contributed by atoms with Crippen molar-refractivity contribution in [3.8, 4) is 22.8 Å². The molecule has 2 heterocycles. The van der Waals surface area contributed by atoms with Gasteiger partial charge >= 0.3 is 0 Å². The van der Waals surface area contributed by atoms with E-state index < -0.39 is 0 Å². The molecule has 132 valence electrons. The van der Waals surface area contributed by atoms with E-state index in [0.717, 1.165) is 11.1 Å². The second kappa shape index (κ2) is 7.21. The Morgan fingerprint density at radius 2 is 1.78 bits per heavy atom. The summed E-state index contributed by atoms with van der Waals surface area (Å²) in [5, 5.41) is 6.80. The number of anilines is 1. The van der Waals surface area contributed by atoms with Crippen LogP contribution in [0.15, 0.2) is 77.4 Å². The molecule has 0 spiro atoms. The Balaban J connectivity index is 1.56. The maximum absolute atomic E-state index is 12.5. The van der Waals surface area contributed by atoms with E-state index >= 15 is 0 Å². The lowest BCUT2D eigenvalue weighted by molar-refractivity contribution is 0.102. The minimum absolute atomic E-state index is 0.254. The monoisotopic (exact) mass is 356 g/mol. The van der Waals surface area contributed by atoms with Gasteiger partial charge in [-0.15, -0.1) is 0 Å². The first-order valence-electron chi connectivity index (χ1n) is 8.42. The lowest BCUT2D eigenvalue weighted by atomic mass is 10.1. The molecule has 0 bridgehead atoms. The number of nitrogens with one attached hydrogen (secondary N) is 1. The molecule has 0 aliphatic heterocycles. The number of aryl methyl sites for hydroxylation is 1. The normalized spacial score (nSPS) is 10.6. The molecular formula is C21H16N4O2. The molecule has 0 aliphatic rings. The lowest BCUT2D eigenvalue weighted by Gasteiger charge is -2.05. The number of hydrogen-bond acceptors (Lipinski definition) is 5. The van der Waals surface area contributed by atoms with E-state index in [1.54, 1.807) is 30.5 Å². The van der Waals surface area contributed by atoms with Crippen LogP contribution in [0, 0.1) is 6.92 Å². The molecule has 0 saturated heterocycles. The summed E-state index contributed by atoms with van der Waals surface area (Å²) in [5.74, 6) is 1.11. The quantitative estimate of drug-likeness (QED) is 0.587. The fourth-order valence-electron chi connectivity index (χ4n) is 2.57. The molecule has 0 fully saturated rings. The van der Waals surface area contributed by atoms with Crippen molar-refractivity contribution < 1.29 is 9.32 Å². The molecule has 4 rings (SSSR count). The predicted octanol–water partition coefficient (Wildman–Crippen LogP) is 4.36. The summed E-state index contributed by atoms with van der Waals surface area (Å²) in [5.41, 5.74) is 3.05. The molecule has 1 amide bonds. The Morgan fingerprint density at radius 1 is 0.963 bits per heavy atom. The van der Waals surface area contributed by atoms with Gasteiger partial charge in [0.25, 0.3) is 11.8 Å². The zero-order valence-corrected chi connectivity index (χ0v) is 14.6. The van der Waals surface area contributed by atoms with Gasteiger partial charge in [-0.05, 0) is 36.8 Å². The van der Waals surface area contributed by atoms with Gasteiger partial charge in [0.15, 0.2) is 0 Å². The molecule has 4 aromatic rings. The molecule has 0 radical (unpaired) electrons. The number of rotatable bonds is 4. The van der Waals surface area contributed by atoms with Crippen LogP contribution in [0.2, 0.25) is 0 Å². The number of nitrogens with zero attached hydrogens (tertiary/aromatic N) is 3. The van der Waals surface area contributed by atoms with Gasteiger partial charge in [0, 0.05) is 22.9 Å². The lowest BCUT2D eigenvalue weighted by Crippen LogP contribution is -2.12. The highest BCUT2D eigenvalue weighted by molar-refractivity contribution is 6.04. The average molecular weight is 356 g/mol. The molecular weight excluding hydrogens is 340 g/mol. The summed E-state index contributed by atoms with van der Waals surface area (Å²) >= 11 is 0. The number of amides is 1. The van der Waals surface area contributed by atoms with Crippen molar-refractivity contribution in [1.29, 1.82) is 0 Å². The Bertz CT molecular complexity index is 1070. The van der Waals surface area contributed by atoms with Gasteiger partial charge in [-0.25, -0.2) is 4.98 Å². The highest BCUT2D eigenvalue weighted by Gasteiger charge is 2.13. The molecule has 6 nitrogen and oxygen atoms in total. The summed E-state index contributed by atoms with van der Waals surface area (Å²) in [6, 6.07) is 20.3. The minimum atomic E-state index is -0.254. The van der Waals surface area contributed by atoms with Gasteiger partial charge in [0.2, 0.25) is 5.82 Å². The van der Waals surface area contributed by atoms with Gasteiger partial charge < -0.3 is 9.84 Å². The van der Waals surface area contributed by atoms with Crippen LogP contribution < -0.4 is 5.32 Å². The Kier molecular flexibility index (Phi) is 4.45. The van der Waals surface area contributed by atoms with Crippen LogP contribution >= 0.6 is 0 Å². The number of carbonyl (C=O) groups is 1. The summed E-state index contributed by atoms with van der Waals surface area (Å²) in [4.78, 5) is 21.1. The second-order valence-electron chi connectivity index (χ2n) is 6.04. The van der Waals surface area contributed by atoms with Crippen molar-refractivity contribution in [2.75, 3.05) is 5.32 Å². The molecule has 0 atom stereocenters. The zero-order chi connectivity index (χ0) is 18.6. The summed E-state index contributed by atoms with van der Waals surface area (Å²) in [6.07, 6.45) is 1.70. The minimum Gasteiger partial charge on any atom is -0.334 e. The van der Waals surface area contributed by atoms with E-state index in [4.69, 9.17) is 4.52 Å². The van der Waals surface area contributed by atoms with Crippen LogP contribution in [0.25, 0.3) is 22.8 Å². The first-order chi connectivity index (χ1) is 13.2. The van der Waals surface area contributed by atoms with Gasteiger partial charge in [-0.2, -0.15) is 4.98 Å². The van der Waals surface area contributed by atoms with Crippen molar-refractivity contribution in [2.45, 2.75) is 6.92 Å². The molecule has 27 heavy (non-hydrogen) atoms. The van der Waals surface area contributed by atoms with Gasteiger partial charge in [-0.3, -0.25) is 4.79 Å². The van der Waals surface area contributed by atoms with E-state index in [1.165, 1.54) is 0 Å². The third-order valence-electron chi connectivity index (χ3n) is 3.98. The van der Waals surface area contributed by atoms with Crippen molar-refractivity contribution in [3.63, 3.8) is 0 Å². The molecule has 2 aromatic carbocycles. The Hall–Kier alpha value is -3.80. The number of pyridine rings is 1. The van der Waals surface area contributed by atoms with Crippen molar-refractivity contribution in [2.24, 2.45) is 0 Å². The predicted molar refractivity (Wildman–Crippen MR) is 102 cm³/mol. The largest absolute Gasteiger partial charge is 0.334 e. The molecule has 2 aromatic heterocycles. The second-order valence-corrected chi connectivity index (χ2v) is 6.04. The van der Waals surface area contributed by atoms with E-state index in [1.807, 2.05) is 49.4 Å². The van der Waals surface area contributed by atoms with Crippen LogP contribution in [-0.2, 0) is 0 Å². The molecule has 0 aliphatic carbocycles. The van der Waals surface area contributed by atoms with Crippen LogP contribution in [0.5, 0.6) is 0 Å². The number of benzene rings is 2. The van der Waals surface area contributed by atoms with Gasteiger partial charge in [-0.1, -0.05) is 47.6 Å². The third-order valence-corrected chi connectivity index (χ3v) is 3.98. The van der Waals surface area contributed by atoms with Gasteiger partial charge in [0.05, 0.1) is 0 Å². The maximum atomic E-state index is 12.5. The van der Waals surface area contributed by atoms with Crippen LogP contribution in [-0.4, -0.2) is 21.0 Å². The van der Waals surface area contributed by atoms with E-state index in [-0.39, 0.29) is 5.91 Å². The first-order valence-corrected chi connectivity index (χ1v) is 8.42. The van der Waals surface area contributed by atoms with E-state index in [0.29, 0.717) is 28.7 Å². The highest BCUT2D eigenvalue weighted by atomic mass is 16.5. The SMILES string of the molecule is Cc1ccc(NC(=O)c2cccc(-c3nc(-c4ccccc4)no3)c2)nc1. The van der Waals surface area contributed by atoms with E-state index in [2.05, 4.69) is 20.4 Å². The van der Waals surface area contributed by atoms with Crippen LogP contribution in [0.1, 0.15) is 15.9 Å². The van der Waals surface area contributed by atoms with Crippen molar-refractivity contribution >= 4 is 11.7 Å². The zero-order valence-electron chi connectivity index (χ0n) is 14.6. The van der Waals surface area contributed by atoms with Gasteiger partial charge in [0.1, 0.15) is 5.82 Å². The Labute approximate surface area is 155 Å². The number of hydrogen-bond donors (Lipinski definition) is 1.